The molecule has 3 aliphatic rings. The van der Waals surface area contributed by atoms with Gasteiger partial charge in [-0.05, 0) is 31.2 Å². The molecule has 3 fully saturated rings. The van der Waals surface area contributed by atoms with E-state index in [4.69, 9.17) is 4.74 Å². The molecule has 0 aromatic heterocycles. The summed E-state index contributed by atoms with van der Waals surface area (Å²) in [5.41, 5.74) is -0.215. The zero-order chi connectivity index (χ0) is 31.5. The fourth-order valence-electron chi connectivity index (χ4n) is 7.56. The maximum atomic E-state index is 14.7. The molecule has 8 nitrogen and oxygen atoms in total. The maximum Gasteiger partial charge on any atom is 0.248 e. The van der Waals surface area contributed by atoms with E-state index in [-0.39, 0.29) is 41.1 Å². The zero-order valence-electron chi connectivity index (χ0n) is 26.0. The number of likely N-dealkylation sites (tertiary alicyclic amines) is 1. The smallest absolute Gasteiger partial charge is 0.248 e. The number of aliphatic hydroxyl groups is 1. The molecule has 3 aliphatic heterocycles. The van der Waals surface area contributed by atoms with E-state index in [0.717, 1.165) is 18.4 Å². The minimum Gasteiger partial charge on any atom is -0.394 e. The first kappa shape index (κ1) is 33.4. The van der Waals surface area contributed by atoms with E-state index in [2.05, 4.69) is 36.0 Å². The zero-order valence-corrected chi connectivity index (χ0v) is 27.6. The molecule has 3 heterocycles. The van der Waals surface area contributed by atoms with Crippen molar-refractivity contribution in [3.63, 3.8) is 0 Å². The second-order valence-corrected chi connectivity index (χ2v) is 13.6. The summed E-state index contributed by atoms with van der Waals surface area (Å²) in [4.78, 5) is 48.8. The fourth-order valence-corrected chi connectivity index (χ4v) is 8.50. The minimum absolute atomic E-state index is 0.0677. The highest BCUT2D eigenvalue weighted by atomic mass is 79.9. The number of nitrogens with zero attached hydrogens (tertiary/aromatic N) is 3. The SMILES string of the molecule is C=CCN(Cc1ccccc1)C(=O)[C@H]1[C@H]2C(=O)N([C@@H](CO)[C@@H](C)CC)C(C(=O)N(CC=C)C(C)CCC)C23CC(Br)[C@@H]1O3. The summed E-state index contributed by atoms with van der Waals surface area (Å²) < 4.78 is 6.78. The Hall–Kier alpha value is -2.49. The molecule has 9 heteroatoms. The number of ether oxygens (including phenoxy) is 1. The van der Waals surface area contributed by atoms with E-state index in [0.29, 0.717) is 32.5 Å². The van der Waals surface area contributed by atoms with Crippen LogP contribution in [0.4, 0.5) is 0 Å². The van der Waals surface area contributed by atoms with E-state index in [1.807, 2.05) is 51.1 Å². The highest BCUT2D eigenvalue weighted by molar-refractivity contribution is 9.09. The van der Waals surface area contributed by atoms with Crippen LogP contribution in [0.3, 0.4) is 0 Å². The quantitative estimate of drug-likeness (QED) is 0.221. The van der Waals surface area contributed by atoms with Crippen LogP contribution in [0.25, 0.3) is 0 Å². The average Bonchev–Trinajstić information content (AvgIpc) is 3.59. The minimum atomic E-state index is -1.19. The van der Waals surface area contributed by atoms with E-state index in [1.54, 1.807) is 26.9 Å². The first-order chi connectivity index (χ1) is 20.6. The van der Waals surface area contributed by atoms with E-state index in [1.165, 1.54) is 0 Å². The number of rotatable bonds is 15. The Morgan fingerprint density at radius 2 is 1.84 bits per heavy atom. The Labute approximate surface area is 265 Å². The van der Waals surface area contributed by atoms with Crippen LogP contribution < -0.4 is 0 Å². The van der Waals surface area contributed by atoms with Crippen LogP contribution in [-0.4, -0.2) is 91.9 Å². The molecule has 0 radical (unpaired) electrons. The highest BCUT2D eigenvalue weighted by Gasteiger charge is 2.77. The molecular weight excluding hydrogens is 610 g/mol. The third-order valence-electron chi connectivity index (χ3n) is 9.82. The lowest BCUT2D eigenvalue weighted by molar-refractivity contribution is -0.154. The second kappa shape index (κ2) is 14.1. The topological polar surface area (TPSA) is 90.4 Å². The summed E-state index contributed by atoms with van der Waals surface area (Å²) in [6, 6.07) is 8.11. The lowest BCUT2D eigenvalue weighted by Crippen LogP contribution is -2.61. The Morgan fingerprint density at radius 1 is 1.16 bits per heavy atom. The van der Waals surface area contributed by atoms with Gasteiger partial charge < -0.3 is 24.5 Å². The van der Waals surface area contributed by atoms with Gasteiger partial charge in [-0.3, -0.25) is 14.4 Å². The predicted molar refractivity (Wildman–Crippen MR) is 171 cm³/mol. The van der Waals surface area contributed by atoms with Crippen molar-refractivity contribution < 1.29 is 24.2 Å². The molecule has 1 spiro atoms. The summed E-state index contributed by atoms with van der Waals surface area (Å²) in [6.07, 6.45) is 5.68. The standard InChI is InChI=1S/C34H48BrN3O5/c1-7-14-23(6)37(18-9-3)33(42)30-34-19-25(35)29(43-34)27(28(34)32(41)38(30)26(21-39)22(5)10-4)31(40)36(17-8-2)20-24-15-12-11-13-16-24/h8-9,11-13,15-16,22-23,25-30,39H,2-3,7,10,14,17-21H2,1,4-6H3/t22-,23?,25?,26-,27-,28-,29-,30?,34?/m0/s1. The van der Waals surface area contributed by atoms with Crippen LogP contribution in [0.5, 0.6) is 0 Å². The Morgan fingerprint density at radius 3 is 2.42 bits per heavy atom. The number of amides is 3. The number of fused-ring (bicyclic) bond motifs is 1. The van der Waals surface area contributed by atoms with Crippen molar-refractivity contribution >= 4 is 33.7 Å². The molecule has 43 heavy (non-hydrogen) atoms. The number of halogens is 1. The third kappa shape index (κ3) is 5.97. The number of hydrogen-bond donors (Lipinski definition) is 1. The molecule has 1 aromatic rings. The Bertz CT molecular complexity index is 1180. The largest absolute Gasteiger partial charge is 0.394 e. The Balaban J connectivity index is 1.81. The number of aliphatic hydroxyl groups excluding tert-OH is 1. The van der Waals surface area contributed by atoms with Gasteiger partial charge in [0.05, 0.1) is 30.6 Å². The lowest BCUT2D eigenvalue weighted by Gasteiger charge is -2.42. The first-order valence-corrected chi connectivity index (χ1v) is 16.6. The Kier molecular flexibility index (Phi) is 10.9. The molecule has 2 bridgehead atoms. The van der Waals surface area contributed by atoms with Crippen molar-refractivity contribution in [2.75, 3.05) is 19.7 Å². The average molecular weight is 659 g/mol. The van der Waals surface area contributed by atoms with Crippen molar-refractivity contribution in [3.05, 3.63) is 61.2 Å². The molecule has 0 aliphatic carbocycles. The first-order valence-electron chi connectivity index (χ1n) is 15.7. The number of benzene rings is 1. The van der Waals surface area contributed by atoms with Gasteiger partial charge in [0.15, 0.2) is 0 Å². The van der Waals surface area contributed by atoms with Gasteiger partial charge in [0.1, 0.15) is 11.6 Å². The fraction of sp³-hybridized carbons (Fsp3) is 0.618. The van der Waals surface area contributed by atoms with Crippen molar-refractivity contribution in [2.24, 2.45) is 17.8 Å². The van der Waals surface area contributed by atoms with Crippen molar-refractivity contribution in [2.45, 2.75) is 94.6 Å². The summed E-state index contributed by atoms with van der Waals surface area (Å²) in [5, 5.41) is 10.6. The summed E-state index contributed by atoms with van der Waals surface area (Å²) in [7, 11) is 0. The number of alkyl halides is 1. The number of carbonyl (C=O) groups excluding carboxylic acids is 3. The van der Waals surface area contributed by atoms with E-state index in [9.17, 15) is 19.5 Å². The highest BCUT2D eigenvalue weighted by Crippen LogP contribution is 2.61. The van der Waals surface area contributed by atoms with Gasteiger partial charge in [-0.25, -0.2) is 0 Å². The molecule has 9 atom stereocenters. The van der Waals surface area contributed by atoms with Crippen LogP contribution in [-0.2, 0) is 25.7 Å². The lowest BCUT2D eigenvalue weighted by atomic mass is 9.70. The predicted octanol–water partition coefficient (Wildman–Crippen LogP) is 4.56. The van der Waals surface area contributed by atoms with Crippen LogP contribution in [0.1, 0.15) is 58.9 Å². The summed E-state index contributed by atoms with van der Waals surface area (Å²) in [5.74, 6) is -2.34. The van der Waals surface area contributed by atoms with Gasteiger partial charge in [0.25, 0.3) is 0 Å². The van der Waals surface area contributed by atoms with Gasteiger partial charge in [-0.1, -0.05) is 92.0 Å². The number of hydrogen-bond acceptors (Lipinski definition) is 5. The normalized spacial score (nSPS) is 29.6. The molecule has 0 saturated carbocycles. The van der Waals surface area contributed by atoms with Crippen LogP contribution in [0.2, 0.25) is 0 Å². The summed E-state index contributed by atoms with van der Waals surface area (Å²) in [6.45, 7) is 16.6. The monoisotopic (exact) mass is 657 g/mol. The van der Waals surface area contributed by atoms with Crippen molar-refractivity contribution in [1.82, 2.24) is 14.7 Å². The molecule has 1 aromatic carbocycles. The van der Waals surface area contributed by atoms with Gasteiger partial charge in [-0.15, -0.1) is 13.2 Å². The second-order valence-electron chi connectivity index (χ2n) is 12.5. The molecule has 1 N–H and O–H groups in total. The van der Waals surface area contributed by atoms with Crippen molar-refractivity contribution in [1.29, 1.82) is 0 Å². The van der Waals surface area contributed by atoms with E-state index < -0.39 is 35.6 Å². The van der Waals surface area contributed by atoms with Gasteiger partial charge in [0.2, 0.25) is 17.7 Å². The van der Waals surface area contributed by atoms with Crippen LogP contribution in [0, 0.1) is 17.8 Å². The third-order valence-corrected chi connectivity index (χ3v) is 10.7. The van der Waals surface area contributed by atoms with Gasteiger partial charge in [-0.2, -0.15) is 0 Å². The van der Waals surface area contributed by atoms with Crippen LogP contribution in [0.15, 0.2) is 55.6 Å². The molecule has 4 unspecified atom stereocenters. The van der Waals surface area contributed by atoms with E-state index >= 15 is 0 Å². The van der Waals surface area contributed by atoms with Gasteiger partial charge in [0, 0.05) is 30.5 Å². The number of carbonyl (C=O) groups is 3. The maximum absolute atomic E-state index is 14.7. The van der Waals surface area contributed by atoms with Crippen LogP contribution >= 0.6 is 15.9 Å². The molecule has 236 valence electrons. The molecular formula is C34H48BrN3O5. The van der Waals surface area contributed by atoms with Crippen molar-refractivity contribution in [3.8, 4) is 0 Å². The molecule has 3 saturated heterocycles. The molecule has 4 rings (SSSR count). The van der Waals surface area contributed by atoms with Gasteiger partial charge >= 0.3 is 0 Å². The summed E-state index contributed by atoms with van der Waals surface area (Å²) >= 11 is 3.79. The molecule has 3 amide bonds.